The molecule has 5 nitrogen and oxygen atoms in total. The van der Waals surface area contributed by atoms with Crippen molar-refractivity contribution in [3.8, 4) is 0 Å². The molecule has 6 rings (SSSR count). The Bertz CT molecular complexity index is 1300. The summed E-state index contributed by atoms with van der Waals surface area (Å²) in [7, 11) is 0. The van der Waals surface area contributed by atoms with Gasteiger partial charge in [-0.3, -0.25) is 9.59 Å². The number of para-hydroxylation sites is 1. The van der Waals surface area contributed by atoms with Crippen molar-refractivity contribution >= 4 is 28.5 Å². The van der Waals surface area contributed by atoms with Crippen LogP contribution < -0.4 is 0 Å². The third kappa shape index (κ3) is 3.22. The average molecular weight is 491 g/mol. The zero-order chi connectivity index (χ0) is 25.3. The minimum Gasteiger partial charge on any atom is -0.452 e. The van der Waals surface area contributed by atoms with E-state index in [-0.39, 0.29) is 47.1 Å². The number of benzene rings is 1. The maximum absolute atomic E-state index is 17.0. The van der Waals surface area contributed by atoms with Gasteiger partial charge in [-0.1, -0.05) is 36.8 Å². The number of ketones is 2. The first-order valence-electron chi connectivity index (χ1n) is 13.0. The number of carbonyl (C=O) groups excluding carboxylic acids is 3. The number of ether oxygens (including phenoxy) is 1. The van der Waals surface area contributed by atoms with Gasteiger partial charge in [-0.25, -0.2) is 9.18 Å². The largest absolute Gasteiger partial charge is 0.452 e. The highest BCUT2D eigenvalue weighted by atomic mass is 19.1. The van der Waals surface area contributed by atoms with Crippen LogP contribution in [-0.4, -0.2) is 29.8 Å². The van der Waals surface area contributed by atoms with Gasteiger partial charge in [0.2, 0.25) is 5.76 Å². The molecule has 4 aliphatic rings. The van der Waals surface area contributed by atoms with Gasteiger partial charge in [0, 0.05) is 16.7 Å². The molecule has 3 saturated carbocycles. The van der Waals surface area contributed by atoms with E-state index in [9.17, 15) is 14.4 Å². The molecule has 0 radical (unpaired) electrons. The van der Waals surface area contributed by atoms with Crippen molar-refractivity contribution in [1.29, 1.82) is 0 Å². The second kappa shape index (κ2) is 7.99. The smallest absolute Gasteiger partial charge is 0.374 e. The van der Waals surface area contributed by atoms with Crippen LogP contribution in [0.5, 0.6) is 0 Å². The maximum Gasteiger partial charge on any atom is 0.374 e. The number of Topliss-reactive ketones (excluding diaryl/α,β-unsaturated/α-hetero) is 1. The fourth-order valence-electron chi connectivity index (χ4n) is 8.01. The summed E-state index contributed by atoms with van der Waals surface area (Å²) < 4.78 is 27.9. The molecule has 1 aromatic carbocycles. The van der Waals surface area contributed by atoms with Crippen LogP contribution in [0.1, 0.15) is 62.9 Å². The lowest BCUT2D eigenvalue weighted by atomic mass is 9.46. The van der Waals surface area contributed by atoms with Crippen LogP contribution in [-0.2, 0) is 14.3 Å². The third-order valence-corrected chi connectivity index (χ3v) is 10.0. The SMILES string of the molecule is C[C@]12CC[C@@]3(F)[C@@H](CCC4=CC(=O)C=C[C@@]43C)[C@@H]1CC[C@@H]2C(=O)COC(=O)c1cc2ccccc2o1. The molecular weight excluding hydrogens is 459 g/mol. The summed E-state index contributed by atoms with van der Waals surface area (Å²) in [5, 5.41) is 0.801. The van der Waals surface area contributed by atoms with Gasteiger partial charge in [-0.05, 0) is 87.0 Å². The molecule has 0 bridgehead atoms. The molecule has 1 aromatic heterocycles. The van der Waals surface area contributed by atoms with Gasteiger partial charge in [-0.15, -0.1) is 0 Å². The molecular formula is C30H31FO5. The summed E-state index contributed by atoms with van der Waals surface area (Å²) in [4.78, 5) is 37.8. The molecule has 6 atom stereocenters. The average Bonchev–Trinajstić information content (AvgIpc) is 3.45. The highest BCUT2D eigenvalue weighted by molar-refractivity contribution is 6.01. The van der Waals surface area contributed by atoms with E-state index in [4.69, 9.17) is 9.15 Å². The summed E-state index contributed by atoms with van der Waals surface area (Å²) in [6.07, 6.45) is 8.77. The fourth-order valence-corrected chi connectivity index (χ4v) is 8.01. The minimum atomic E-state index is -1.43. The number of hydrogen-bond acceptors (Lipinski definition) is 5. The Hall–Kier alpha value is -3.02. The molecule has 1 heterocycles. The molecule has 36 heavy (non-hydrogen) atoms. The van der Waals surface area contributed by atoms with Gasteiger partial charge < -0.3 is 9.15 Å². The zero-order valence-corrected chi connectivity index (χ0v) is 20.7. The van der Waals surface area contributed by atoms with E-state index < -0.39 is 17.1 Å². The van der Waals surface area contributed by atoms with Gasteiger partial charge in [0.25, 0.3) is 0 Å². The second-order valence-corrected chi connectivity index (χ2v) is 11.5. The highest BCUT2D eigenvalue weighted by Crippen LogP contribution is 2.68. The van der Waals surface area contributed by atoms with Crippen LogP contribution in [0.15, 0.2) is 58.6 Å². The van der Waals surface area contributed by atoms with Crippen molar-refractivity contribution in [3.63, 3.8) is 0 Å². The molecule has 4 aliphatic carbocycles. The van der Waals surface area contributed by atoms with Crippen LogP contribution in [0.25, 0.3) is 11.0 Å². The highest BCUT2D eigenvalue weighted by Gasteiger charge is 2.67. The van der Waals surface area contributed by atoms with E-state index in [1.54, 1.807) is 24.3 Å². The van der Waals surface area contributed by atoms with Gasteiger partial charge in [0.1, 0.15) is 11.3 Å². The van der Waals surface area contributed by atoms with E-state index in [1.807, 2.05) is 25.1 Å². The molecule has 3 fully saturated rings. The normalized spacial score (nSPS) is 37.1. The molecule has 0 spiro atoms. The number of fused-ring (bicyclic) bond motifs is 6. The van der Waals surface area contributed by atoms with Crippen molar-refractivity contribution in [2.75, 3.05) is 6.61 Å². The van der Waals surface area contributed by atoms with Crippen LogP contribution in [0, 0.1) is 28.6 Å². The van der Waals surface area contributed by atoms with Gasteiger partial charge >= 0.3 is 5.97 Å². The number of hydrogen-bond donors (Lipinski definition) is 0. The molecule has 6 heteroatoms. The van der Waals surface area contributed by atoms with Crippen molar-refractivity contribution in [2.45, 2.75) is 58.0 Å². The standard InChI is InChI=1S/C30H31FO5/c1-28-13-14-30(31)22(8-7-19-16-20(32)11-12-29(19,30)2)21(28)9-10-23(28)24(33)17-35-27(34)26-15-18-5-3-4-6-25(18)36-26/h3-6,11-12,15-16,21-23H,7-10,13-14,17H2,1-2H3/t21-,22-,23+,28-,29-,30+/m0/s1. The Morgan fingerprint density at radius 2 is 1.92 bits per heavy atom. The number of furan rings is 1. The summed E-state index contributed by atoms with van der Waals surface area (Å²) in [5.41, 5.74) is -1.02. The Labute approximate surface area is 209 Å². The number of allylic oxidation sites excluding steroid dienone is 4. The summed E-state index contributed by atoms with van der Waals surface area (Å²) >= 11 is 0. The van der Waals surface area contributed by atoms with E-state index in [2.05, 4.69) is 6.92 Å². The Kier molecular flexibility index (Phi) is 5.19. The lowest BCUT2D eigenvalue weighted by Gasteiger charge is -2.60. The van der Waals surface area contributed by atoms with Crippen LogP contribution in [0.4, 0.5) is 4.39 Å². The minimum absolute atomic E-state index is 0.0612. The Morgan fingerprint density at radius 3 is 2.72 bits per heavy atom. The monoisotopic (exact) mass is 490 g/mol. The van der Waals surface area contributed by atoms with E-state index >= 15 is 4.39 Å². The fraction of sp³-hybridized carbons (Fsp3) is 0.500. The molecule has 0 saturated heterocycles. The summed E-state index contributed by atoms with van der Waals surface area (Å²) in [6, 6.07) is 8.93. The predicted molar refractivity (Wildman–Crippen MR) is 132 cm³/mol. The first kappa shape index (κ1) is 23.4. The molecule has 0 N–H and O–H groups in total. The quantitative estimate of drug-likeness (QED) is 0.479. The molecule has 0 unspecified atom stereocenters. The van der Waals surface area contributed by atoms with E-state index in [0.29, 0.717) is 37.7 Å². The Balaban J connectivity index is 1.17. The first-order valence-corrected chi connectivity index (χ1v) is 13.0. The molecule has 0 amide bonds. The summed E-state index contributed by atoms with van der Waals surface area (Å²) in [6.45, 7) is 3.76. The van der Waals surface area contributed by atoms with Gasteiger partial charge in [-0.2, -0.15) is 0 Å². The molecule has 188 valence electrons. The van der Waals surface area contributed by atoms with Crippen molar-refractivity contribution < 1.29 is 27.9 Å². The van der Waals surface area contributed by atoms with Gasteiger partial charge in [0.15, 0.2) is 18.2 Å². The van der Waals surface area contributed by atoms with Crippen molar-refractivity contribution in [2.24, 2.45) is 28.6 Å². The number of esters is 1. The second-order valence-electron chi connectivity index (χ2n) is 11.5. The van der Waals surface area contributed by atoms with Crippen LogP contribution in [0.2, 0.25) is 0 Å². The lowest BCUT2D eigenvalue weighted by molar-refractivity contribution is -0.144. The third-order valence-electron chi connectivity index (χ3n) is 10.0. The van der Waals surface area contributed by atoms with Crippen LogP contribution >= 0.6 is 0 Å². The van der Waals surface area contributed by atoms with Crippen molar-refractivity contribution in [1.82, 2.24) is 0 Å². The molecule has 2 aromatic rings. The first-order chi connectivity index (χ1) is 17.2. The van der Waals surface area contributed by atoms with E-state index in [1.165, 1.54) is 6.08 Å². The molecule has 0 aliphatic heterocycles. The summed E-state index contributed by atoms with van der Waals surface area (Å²) in [5.74, 6) is -1.06. The number of alkyl halides is 1. The topological polar surface area (TPSA) is 73.6 Å². The number of carbonyl (C=O) groups is 3. The van der Waals surface area contributed by atoms with Crippen molar-refractivity contribution in [3.05, 3.63) is 59.9 Å². The zero-order valence-electron chi connectivity index (χ0n) is 20.7. The lowest BCUT2D eigenvalue weighted by Crippen LogP contribution is -2.60. The maximum atomic E-state index is 17.0. The number of halogens is 1. The van der Waals surface area contributed by atoms with E-state index in [0.717, 1.165) is 17.4 Å². The predicted octanol–water partition coefficient (Wildman–Crippen LogP) is 6.17. The van der Waals surface area contributed by atoms with Crippen LogP contribution in [0.3, 0.4) is 0 Å². The Morgan fingerprint density at radius 1 is 1.11 bits per heavy atom. The van der Waals surface area contributed by atoms with Gasteiger partial charge in [0.05, 0.1) is 0 Å². The number of rotatable bonds is 4.